The van der Waals surface area contributed by atoms with Gasteiger partial charge in [-0.05, 0) is 29.3 Å². The van der Waals surface area contributed by atoms with Gasteiger partial charge in [0.05, 0.1) is 5.69 Å². The van der Waals surface area contributed by atoms with Crippen LogP contribution in [0.2, 0.25) is 0 Å². The minimum atomic E-state index is -0.276. The highest BCUT2D eigenvalue weighted by Crippen LogP contribution is 2.24. The molecule has 1 amide bonds. The molecule has 0 atom stereocenters. The molecule has 0 spiro atoms. The van der Waals surface area contributed by atoms with Crippen molar-refractivity contribution in [3.63, 3.8) is 0 Å². The molecule has 142 valence electrons. The SMILES string of the molecule is CON=CC(=O)N(C)c1ccccc1COc1ccc(-c2ccccc2)cc1. The number of oxime groups is 1. The minimum Gasteiger partial charge on any atom is -0.489 e. The average molecular weight is 374 g/mol. The quantitative estimate of drug-likeness (QED) is 0.451. The maximum Gasteiger partial charge on any atom is 0.272 e. The van der Waals surface area contributed by atoms with Gasteiger partial charge >= 0.3 is 0 Å². The monoisotopic (exact) mass is 374 g/mol. The van der Waals surface area contributed by atoms with Gasteiger partial charge in [-0.1, -0.05) is 65.8 Å². The number of rotatable bonds is 7. The van der Waals surface area contributed by atoms with Crippen molar-refractivity contribution in [2.75, 3.05) is 19.1 Å². The topological polar surface area (TPSA) is 51.1 Å². The first-order valence-corrected chi connectivity index (χ1v) is 8.89. The summed E-state index contributed by atoms with van der Waals surface area (Å²) in [6.45, 7) is 0.347. The first kappa shape index (κ1) is 19.2. The van der Waals surface area contributed by atoms with Crippen LogP contribution in [0.15, 0.2) is 84.0 Å². The Hall–Kier alpha value is -3.60. The number of carbonyl (C=O) groups excluding carboxylic acids is 1. The Labute approximate surface area is 164 Å². The fourth-order valence-corrected chi connectivity index (χ4v) is 2.80. The van der Waals surface area contributed by atoms with E-state index in [2.05, 4.69) is 22.1 Å². The van der Waals surface area contributed by atoms with Crippen LogP contribution >= 0.6 is 0 Å². The van der Waals surface area contributed by atoms with Crippen molar-refractivity contribution in [3.05, 3.63) is 84.4 Å². The molecule has 0 radical (unpaired) electrons. The molecular formula is C23H22N2O3. The first-order chi connectivity index (χ1) is 13.7. The van der Waals surface area contributed by atoms with E-state index in [1.807, 2.05) is 66.7 Å². The van der Waals surface area contributed by atoms with Crippen LogP contribution in [0.5, 0.6) is 5.75 Å². The van der Waals surface area contributed by atoms with Gasteiger partial charge in [0.1, 0.15) is 25.7 Å². The van der Waals surface area contributed by atoms with Crippen molar-refractivity contribution < 1.29 is 14.4 Å². The zero-order valence-corrected chi connectivity index (χ0v) is 15.9. The second-order valence-corrected chi connectivity index (χ2v) is 6.12. The molecule has 0 saturated carbocycles. The number of carbonyl (C=O) groups is 1. The number of hydrogen-bond donors (Lipinski definition) is 0. The van der Waals surface area contributed by atoms with Crippen molar-refractivity contribution in [1.82, 2.24) is 0 Å². The molecule has 0 aliphatic heterocycles. The molecule has 0 heterocycles. The summed E-state index contributed by atoms with van der Waals surface area (Å²) in [6.07, 6.45) is 1.14. The molecule has 0 aliphatic carbocycles. The molecule has 5 heteroatoms. The van der Waals surface area contributed by atoms with Crippen LogP contribution in [0.3, 0.4) is 0 Å². The Balaban J connectivity index is 1.70. The molecule has 0 N–H and O–H groups in total. The van der Waals surface area contributed by atoms with E-state index in [0.717, 1.165) is 34.3 Å². The smallest absolute Gasteiger partial charge is 0.272 e. The lowest BCUT2D eigenvalue weighted by Crippen LogP contribution is -2.28. The normalized spacial score (nSPS) is 10.6. The Bertz CT molecular complexity index is 938. The average Bonchev–Trinajstić information content (AvgIpc) is 2.76. The van der Waals surface area contributed by atoms with Crippen LogP contribution < -0.4 is 9.64 Å². The number of amides is 1. The third-order valence-corrected chi connectivity index (χ3v) is 4.31. The molecule has 0 saturated heterocycles. The fourth-order valence-electron chi connectivity index (χ4n) is 2.80. The van der Waals surface area contributed by atoms with E-state index in [1.165, 1.54) is 12.0 Å². The summed E-state index contributed by atoms with van der Waals surface area (Å²) in [7, 11) is 3.09. The molecule has 3 aromatic carbocycles. The molecule has 3 rings (SSSR count). The zero-order valence-electron chi connectivity index (χ0n) is 15.9. The van der Waals surface area contributed by atoms with Gasteiger partial charge in [-0.15, -0.1) is 0 Å². The van der Waals surface area contributed by atoms with Crippen LogP contribution in [-0.4, -0.2) is 26.3 Å². The maximum absolute atomic E-state index is 12.2. The number of nitrogens with zero attached hydrogens (tertiary/aromatic N) is 2. The second-order valence-electron chi connectivity index (χ2n) is 6.12. The largest absolute Gasteiger partial charge is 0.489 e. The highest BCUT2D eigenvalue weighted by atomic mass is 16.6. The van der Waals surface area contributed by atoms with E-state index >= 15 is 0 Å². The number of anilines is 1. The van der Waals surface area contributed by atoms with Crippen LogP contribution in [-0.2, 0) is 16.2 Å². The Morgan fingerprint density at radius 2 is 1.57 bits per heavy atom. The van der Waals surface area contributed by atoms with Crippen molar-refractivity contribution in [2.24, 2.45) is 5.16 Å². The molecule has 0 aliphatic rings. The number of para-hydroxylation sites is 1. The lowest BCUT2D eigenvalue weighted by atomic mass is 10.1. The van der Waals surface area contributed by atoms with Crippen molar-refractivity contribution in [1.29, 1.82) is 0 Å². The van der Waals surface area contributed by atoms with Gasteiger partial charge < -0.3 is 14.5 Å². The van der Waals surface area contributed by atoms with E-state index in [9.17, 15) is 4.79 Å². The summed E-state index contributed by atoms with van der Waals surface area (Å²) >= 11 is 0. The Morgan fingerprint density at radius 3 is 2.29 bits per heavy atom. The van der Waals surface area contributed by atoms with Gasteiger partial charge in [-0.3, -0.25) is 4.79 Å². The van der Waals surface area contributed by atoms with Crippen molar-refractivity contribution in [2.45, 2.75) is 6.61 Å². The van der Waals surface area contributed by atoms with Crippen molar-refractivity contribution in [3.8, 4) is 16.9 Å². The predicted molar refractivity (Wildman–Crippen MR) is 112 cm³/mol. The Morgan fingerprint density at radius 1 is 0.929 bits per heavy atom. The maximum atomic E-state index is 12.2. The summed E-state index contributed by atoms with van der Waals surface area (Å²) in [4.78, 5) is 18.2. The van der Waals surface area contributed by atoms with Gasteiger partial charge in [-0.2, -0.15) is 0 Å². The summed E-state index contributed by atoms with van der Waals surface area (Å²) in [5.74, 6) is 0.492. The van der Waals surface area contributed by atoms with Crippen LogP contribution in [0.4, 0.5) is 5.69 Å². The van der Waals surface area contributed by atoms with Crippen LogP contribution in [0.25, 0.3) is 11.1 Å². The van der Waals surface area contributed by atoms with Gasteiger partial charge in [0.2, 0.25) is 0 Å². The van der Waals surface area contributed by atoms with Gasteiger partial charge in [0, 0.05) is 12.6 Å². The highest BCUT2D eigenvalue weighted by Gasteiger charge is 2.13. The second kappa shape index (κ2) is 9.37. The molecule has 0 unspecified atom stereocenters. The summed E-state index contributed by atoms with van der Waals surface area (Å²) in [5, 5.41) is 3.53. The molecule has 28 heavy (non-hydrogen) atoms. The molecule has 0 fully saturated rings. The van der Waals surface area contributed by atoms with E-state index in [-0.39, 0.29) is 5.91 Å². The van der Waals surface area contributed by atoms with Gasteiger partial charge in [0.15, 0.2) is 0 Å². The third kappa shape index (κ3) is 4.76. The molecule has 3 aromatic rings. The molecule has 0 aromatic heterocycles. The molecule has 5 nitrogen and oxygen atoms in total. The van der Waals surface area contributed by atoms with Gasteiger partial charge in [0.25, 0.3) is 5.91 Å². The third-order valence-electron chi connectivity index (χ3n) is 4.31. The van der Waals surface area contributed by atoms with Crippen LogP contribution in [0.1, 0.15) is 5.56 Å². The summed E-state index contributed by atoms with van der Waals surface area (Å²) in [6, 6.07) is 25.8. The Kier molecular flexibility index (Phi) is 6.41. The summed E-state index contributed by atoms with van der Waals surface area (Å²) in [5.41, 5.74) is 3.96. The predicted octanol–water partition coefficient (Wildman–Crippen LogP) is 4.53. The molecule has 0 bridgehead atoms. The van der Waals surface area contributed by atoms with Crippen LogP contribution in [0, 0.1) is 0 Å². The fraction of sp³-hybridized carbons (Fsp3) is 0.130. The highest BCUT2D eigenvalue weighted by molar-refractivity contribution is 6.32. The van der Waals surface area contributed by atoms with E-state index in [1.54, 1.807) is 7.05 Å². The molecular weight excluding hydrogens is 352 g/mol. The lowest BCUT2D eigenvalue weighted by Gasteiger charge is -2.19. The number of hydrogen-bond acceptors (Lipinski definition) is 4. The lowest BCUT2D eigenvalue weighted by molar-refractivity contribution is -0.112. The zero-order chi connectivity index (χ0) is 19.8. The number of benzene rings is 3. The minimum absolute atomic E-state index is 0.276. The standard InChI is InChI=1S/C23H22N2O3/c1-25(23(26)16-24-27-2)22-11-7-6-10-20(22)17-28-21-14-12-19(13-15-21)18-8-4-3-5-9-18/h3-16H,17H2,1-2H3. The van der Waals surface area contributed by atoms with E-state index in [4.69, 9.17) is 4.74 Å². The van der Waals surface area contributed by atoms with E-state index in [0.29, 0.717) is 6.61 Å². The van der Waals surface area contributed by atoms with Gasteiger partial charge in [-0.25, -0.2) is 0 Å². The number of ether oxygens (including phenoxy) is 1. The van der Waals surface area contributed by atoms with E-state index < -0.39 is 0 Å². The van der Waals surface area contributed by atoms with Crippen molar-refractivity contribution >= 4 is 17.8 Å². The summed E-state index contributed by atoms with van der Waals surface area (Å²) < 4.78 is 5.94. The first-order valence-electron chi connectivity index (χ1n) is 8.89.